The highest BCUT2D eigenvalue weighted by atomic mass is 16.6. The fourth-order valence-electron chi connectivity index (χ4n) is 1.79. The van der Waals surface area contributed by atoms with Gasteiger partial charge in [-0.2, -0.15) is 0 Å². The Labute approximate surface area is 78.4 Å². The van der Waals surface area contributed by atoms with E-state index in [2.05, 4.69) is 0 Å². The number of carbonyl (C=O) groups is 1. The fraction of sp³-hybridized carbons (Fsp3) is 0.700. The van der Waals surface area contributed by atoms with Crippen LogP contribution in [-0.2, 0) is 9.53 Å². The minimum Gasteiger partial charge on any atom is -0.502 e. The maximum Gasteiger partial charge on any atom is 0.374 e. The predicted molar refractivity (Wildman–Crippen MR) is 49.4 cm³/mol. The lowest BCUT2D eigenvalue weighted by atomic mass is 9.93. The molecular formula is C10H16O3. The Kier molecular flexibility index (Phi) is 2.96. The van der Waals surface area contributed by atoms with Crippen LogP contribution < -0.4 is 0 Å². The van der Waals surface area contributed by atoms with E-state index in [0.29, 0.717) is 0 Å². The number of rotatable bonds is 4. The third kappa shape index (κ3) is 2.02. The van der Waals surface area contributed by atoms with Crippen molar-refractivity contribution in [2.45, 2.75) is 45.1 Å². The number of aliphatic hydroxyl groups excluding tert-OH is 1. The third-order valence-corrected chi connectivity index (χ3v) is 2.25. The number of carbonyl (C=O) groups excluding carboxylic acids is 1. The molecule has 0 fully saturated rings. The smallest absolute Gasteiger partial charge is 0.374 e. The predicted octanol–water partition coefficient (Wildman–Crippen LogP) is 2.32. The number of aliphatic hydroxyl groups is 1. The highest BCUT2D eigenvalue weighted by Crippen LogP contribution is 2.32. The van der Waals surface area contributed by atoms with Gasteiger partial charge in [0.05, 0.1) is 0 Å². The van der Waals surface area contributed by atoms with Crippen LogP contribution in [0.5, 0.6) is 0 Å². The molecule has 1 heterocycles. The molecule has 0 saturated carbocycles. The van der Waals surface area contributed by atoms with Crippen molar-refractivity contribution >= 4 is 5.97 Å². The summed E-state index contributed by atoms with van der Waals surface area (Å²) < 4.78 is 5.16. The molecule has 1 N–H and O–H groups in total. The lowest BCUT2D eigenvalue weighted by molar-refractivity contribution is -0.149. The maximum atomic E-state index is 11.0. The lowest BCUT2D eigenvalue weighted by Crippen LogP contribution is -2.27. The molecule has 0 aliphatic carbocycles. The van der Waals surface area contributed by atoms with Gasteiger partial charge in [-0.05, 0) is 12.8 Å². The van der Waals surface area contributed by atoms with E-state index in [1.165, 1.54) is 0 Å². The van der Waals surface area contributed by atoms with Gasteiger partial charge < -0.3 is 9.84 Å². The lowest BCUT2D eigenvalue weighted by Gasteiger charge is -2.24. The molecule has 3 heteroatoms. The summed E-state index contributed by atoms with van der Waals surface area (Å²) in [5.41, 5.74) is -0.523. The molecule has 0 aromatic rings. The number of esters is 1. The van der Waals surface area contributed by atoms with Crippen LogP contribution in [0.3, 0.4) is 0 Å². The van der Waals surface area contributed by atoms with Crippen molar-refractivity contribution in [1.82, 2.24) is 0 Å². The molecule has 0 bridgehead atoms. The van der Waals surface area contributed by atoms with Gasteiger partial charge in [0.25, 0.3) is 0 Å². The summed E-state index contributed by atoms with van der Waals surface area (Å²) in [6.45, 7) is 4.07. The van der Waals surface area contributed by atoms with Gasteiger partial charge in [0.1, 0.15) is 5.60 Å². The highest BCUT2D eigenvalue weighted by Gasteiger charge is 2.38. The Morgan fingerprint density at radius 2 is 1.92 bits per heavy atom. The molecule has 0 saturated heterocycles. The van der Waals surface area contributed by atoms with Gasteiger partial charge in [-0.25, -0.2) is 4.79 Å². The molecule has 0 radical (unpaired) electrons. The summed E-state index contributed by atoms with van der Waals surface area (Å²) in [4.78, 5) is 11.0. The van der Waals surface area contributed by atoms with E-state index >= 15 is 0 Å². The summed E-state index contributed by atoms with van der Waals surface area (Å²) in [6.07, 6.45) is 5.02. The summed E-state index contributed by atoms with van der Waals surface area (Å²) in [7, 11) is 0. The standard InChI is InChI=1S/C10H16O3/c1-3-5-10(6-4-2)7-8(11)9(12)13-10/h7,11H,3-6H2,1-2H3. The number of hydrogen-bond acceptors (Lipinski definition) is 3. The van der Waals surface area contributed by atoms with E-state index in [4.69, 9.17) is 4.74 Å². The number of ether oxygens (including phenoxy) is 1. The Morgan fingerprint density at radius 3 is 2.23 bits per heavy atom. The maximum absolute atomic E-state index is 11.0. The van der Waals surface area contributed by atoms with Crippen LogP contribution in [0, 0.1) is 0 Å². The Bertz CT molecular complexity index is 224. The fourth-order valence-corrected chi connectivity index (χ4v) is 1.79. The molecule has 13 heavy (non-hydrogen) atoms. The first-order valence-electron chi connectivity index (χ1n) is 4.78. The van der Waals surface area contributed by atoms with Crippen molar-refractivity contribution in [3.05, 3.63) is 11.8 Å². The second-order valence-electron chi connectivity index (χ2n) is 3.48. The second-order valence-corrected chi connectivity index (χ2v) is 3.48. The minimum absolute atomic E-state index is 0.234. The molecule has 74 valence electrons. The van der Waals surface area contributed by atoms with Crippen LogP contribution in [0.2, 0.25) is 0 Å². The molecule has 0 spiro atoms. The van der Waals surface area contributed by atoms with E-state index in [-0.39, 0.29) is 5.76 Å². The quantitative estimate of drug-likeness (QED) is 0.682. The molecular weight excluding hydrogens is 168 g/mol. The number of cyclic esters (lactones) is 1. The second kappa shape index (κ2) is 3.81. The molecule has 1 rings (SSSR count). The van der Waals surface area contributed by atoms with Gasteiger partial charge >= 0.3 is 5.97 Å². The normalized spacial score (nSPS) is 19.8. The summed E-state index contributed by atoms with van der Waals surface area (Å²) >= 11 is 0. The molecule has 0 aromatic heterocycles. The molecule has 3 nitrogen and oxygen atoms in total. The topological polar surface area (TPSA) is 46.5 Å². The Hall–Kier alpha value is -0.990. The van der Waals surface area contributed by atoms with Gasteiger partial charge in [-0.1, -0.05) is 26.7 Å². The average molecular weight is 184 g/mol. The van der Waals surface area contributed by atoms with Crippen LogP contribution >= 0.6 is 0 Å². The zero-order valence-corrected chi connectivity index (χ0v) is 8.17. The minimum atomic E-state index is -0.582. The molecule has 0 aromatic carbocycles. The van der Waals surface area contributed by atoms with E-state index < -0.39 is 11.6 Å². The zero-order chi connectivity index (χ0) is 9.90. The highest BCUT2D eigenvalue weighted by molar-refractivity contribution is 5.88. The average Bonchev–Trinajstić information content (AvgIpc) is 2.29. The molecule has 0 atom stereocenters. The SMILES string of the molecule is CCCC1(CCC)C=C(O)C(=O)O1. The molecule has 0 unspecified atom stereocenters. The monoisotopic (exact) mass is 184 g/mol. The van der Waals surface area contributed by atoms with Gasteiger partial charge in [-0.3, -0.25) is 0 Å². The van der Waals surface area contributed by atoms with Gasteiger partial charge in [0, 0.05) is 6.08 Å². The first-order chi connectivity index (χ1) is 6.13. The summed E-state index contributed by atoms with van der Waals surface area (Å²) in [6, 6.07) is 0. The van der Waals surface area contributed by atoms with Crippen molar-refractivity contribution in [3.63, 3.8) is 0 Å². The third-order valence-electron chi connectivity index (χ3n) is 2.25. The molecule has 0 amide bonds. The van der Waals surface area contributed by atoms with E-state index in [1.54, 1.807) is 6.08 Å². The van der Waals surface area contributed by atoms with Crippen LogP contribution in [0.25, 0.3) is 0 Å². The zero-order valence-electron chi connectivity index (χ0n) is 8.17. The summed E-state index contributed by atoms with van der Waals surface area (Å²) in [5.74, 6) is -0.816. The van der Waals surface area contributed by atoms with Crippen molar-refractivity contribution in [2.75, 3.05) is 0 Å². The van der Waals surface area contributed by atoms with Crippen molar-refractivity contribution < 1.29 is 14.6 Å². The molecule has 1 aliphatic heterocycles. The van der Waals surface area contributed by atoms with Crippen LogP contribution in [0.15, 0.2) is 11.8 Å². The largest absolute Gasteiger partial charge is 0.502 e. The molecule has 1 aliphatic rings. The Morgan fingerprint density at radius 1 is 1.38 bits per heavy atom. The number of hydrogen-bond donors (Lipinski definition) is 1. The van der Waals surface area contributed by atoms with Crippen LogP contribution in [-0.4, -0.2) is 16.7 Å². The Balaban J connectivity index is 2.76. The van der Waals surface area contributed by atoms with Crippen molar-refractivity contribution in [2.24, 2.45) is 0 Å². The van der Waals surface area contributed by atoms with E-state index in [1.807, 2.05) is 13.8 Å². The van der Waals surface area contributed by atoms with Crippen molar-refractivity contribution in [1.29, 1.82) is 0 Å². The van der Waals surface area contributed by atoms with Gasteiger partial charge in [-0.15, -0.1) is 0 Å². The van der Waals surface area contributed by atoms with Crippen LogP contribution in [0.4, 0.5) is 0 Å². The first-order valence-corrected chi connectivity index (χ1v) is 4.78. The van der Waals surface area contributed by atoms with Gasteiger partial charge in [0.2, 0.25) is 5.76 Å². The first kappa shape index (κ1) is 10.1. The summed E-state index contributed by atoms with van der Waals surface area (Å²) in [5, 5.41) is 9.17. The van der Waals surface area contributed by atoms with Gasteiger partial charge in [0.15, 0.2) is 0 Å². The van der Waals surface area contributed by atoms with E-state index in [0.717, 1.165) is 25.7 Å². The van der Waals surface area contributed by atoms with Crippen LogP contribution in [0.1, 0.15) is 39.5 Å². The van der Waals surface area contributed by atoms with Crippen molar-refractivity contribution in [3.8, 4) is 0 Å². The van der Waals surface area contributed by atoms with E-state index in [9.17, 15) is 9.90 Å².